The predicted octanol–water partition coefficient (Wildman–Crippen LogP) is 3.21. The van der Waals surface area contributed by atoms with E-state index in [4.69, 9.17) is 22.2 Å². The number of piperidine rings is 2. The Bertz CT molecular complexity index is 967. The molecule has 2 saturated heterocycles. The highest BCUT2D eigenvalue weighted by Gasteiger charge is 2.33. The summed E-state index contributed by atoms with van der Waals surface area (Å²) in [4.78, 5) is 30.8. The zero-order valence-electron chi connectivity index (χ0n) is 19.0. The molecule has 33 heavy (non-hydrogen) atoms. The van der Waals surface area contributed by atoms with Crippen molar-refractivity contribution in [3.05, 3.63) is 52.8 Å². The molecule has 4 rings (SSSR count). The van der Waals surface area contributed by atoms with Crippen molar-refractivity contribution >= 4 is 29.2 Å². The number of amides is 1. The van der Waals surface area contributed by atoms with Crippen molar-refractivity contribution in [2.24, 2.45) is 17.0 Å². The van der Waals surface area contributed by atoms with Gasteiger partial charge in [-0.1, -0.05) is 35.0 Å². The van der Waals surface area contributed by atoms with Gasteiger partial charge < -0.3 is 15.5 Å². The summed E-state index contributed by atoms with van der Waals surface area (Å²) in [7, 11) is 1.56. The topological polar surface area (TPSA) is 96.9 Å². The van der Waals surface area contributed by atoms with Crippen LogP contribution in [0.1, 0.15) is 36.8 Å². The molecule has 0 spiro atoms. The van der Waals surface area contributed by atoms with Crippen LogP contribution in [0.3, 0.4) is 0 Å². The Morgan fingerprint density at radius 2 is 1.73 bits per heavy atom. The Morgan fingerprint density at radius 1 is 1.09 bits per heavy atom. The third-order valence-corrected chi connectivity index (χ3v) is 6.93. The molecule has 2 aliphatic heterocycles. The standard InChI is InChI=1S/C24H31ClN6O2/c1-33-29-22(20-4-2-3-5-21(20)25)18-8-12-31(13-9-18)23(32)19-6-10-30(11-7-19)16-17-14-27-24(26)28-15-17/h2-5,14-15,18-19H,6-13,16H2,1H3,(H2,26,27,28). The lowest BCUT2D eigenvalue weighted by atomic mass is 9.87. The minimum absolute atomic E-state index is 0.0937. The van der Waals surface area contributed by atoms with E-state index in [2.05, 4.69) is 20.0 Å². The second kappa shape index (κ2) is 10.9. The molecule has 1 aromatic heterocycles. The van der Waals surface area contributed by atoms with Gasteiger partial charge in [0.25, 0.3) is 0 Å². The first-order valence-electron chi connectivity index (χ1n) is 11.5. The van der Waals surface area contributed by atoms with Gasteiger partial charge in [0.15, 0.2) is 0 Å². The van der Waals surface area contributed by atoms with Crippen LogP contribution in [0.5, 0.6) is 0 Å². The number of likely N-dealkylation sites (tertiary alicyclic amines) is 2. The minimum Gasteiger partial charge on any atom is -0.399 e. The highest BCUT2D eigenvalue weighted by atomic mass is 35.5. The van der Waals surface area contributed by atoms with E-state index < -0.39 is 0 Å². The highest BCUT2D eigenvalue weighted by Crippen LogP contribution is 2.29. The lowest BCUT2D eigenvalue weighted by molar-refractivity contribution is -0.138. The average molecular weight is 471 g/mol. The summed E-state index contributed by atoms with van der Waals surface area (Å²) in [5, 5.41) is 4.96. The van der Waals surface area contributed by atoms with Crippen LogP contribution in [0.25, 0.3) is 0 Å². The van der Waals surface area contributed by atoms with E-state index in [1.807, 2.05) is 29.2 Å². The fourth-order valence-corrected chi connectivity index (χ4v) is 5.02. The van der Waals surface area contributed by atoms with Crippen molar-refractivity contribution in [1.82, 2.24) is 19.8 Å². The number of oxime groups is 1. The molecule has 1 aromatic carbocycles. The molecule has 9 heteroatoms. The third-order valence-electron chi connectivity index (χ3n) is 6.60. The summed E-state index contributed by atoms with van der Waals surface area (Å²) < 4.78 is 0. The van der Waals surface area contributed by atoms with Crippen molar-refractivity contribution in [2.75, 3.05) is 39.0 Å². The van der Waals surface area contributed by atoms with E-state index >= 15 is 0 Å². The number of rotatable bonds is 6. The molecule has 0 bridgehead atoms. The van der Waals surface area contributed by atoms with Gasteiger partial charge in [0.05, 0.1) is 5.71 Å². The Kier molecular flexibility index (Phi) is 7.77. The normalized spacial score (nSPS) is 19.0. The predicted molar refractivity (Wildman–Crippen MR) is 129 cm³/mol. The molecule has 2 fully saturated rings. The lowest BCUT2D eigenvalue weighted by Crippen LogP contribution is -2.46. The molecule has 0 unspecified atom stereocenters. The molecule has 176 valence electrons. The number of nitrogen functional groups attached to an aromatic ring is 1. The van der Waals surface area contributed by atoms with E-state index in [-0.39, 0.29) is 17.7 Å². The maximum absolute atomic E-state index is 13.2. The maximum atomic E-state index is 13.2. The van der Waals surface area contributed by atoms with Gasteiger partial charge in [-0.05, 0) is 44.8 Å². The number of anilines is 1. The molecular formula is C24H31ClN6O2. The fraction of sp³-hybridized carbons (Fsp3) is 0.500. The lowest BCUT2D eigenvalue weighted by Gasteiger charge is -2.37. The van der Waals surface area contributed by atoms with E-state index in [0.29, 0.717) is 11.0 Å². The molecule has 0 atom stereocenters. The van der Waals surface area contributed by atoms with Gasteiger partial charge in [0.1, 0.15) is 7.11 Å². The van der Waals surface area contributed by atoms with Gasteiger partial charge in [0.2, 0.25) is 11.9 Å². The molecule has 1 amide bonds. The zero-order valence-corrected chi connectivity index (χ0v) is 19.7. The fourth-order valence-electron chi connectivity index (χ4n) is 4.79. The van der Waals surface area contributed by atoms with Gasteiger partial charge in [-0.15, -0.1) is 0 Å². The molecule has 0 aliphatic carbocycles. The minimum atomic E-state index is 0.0937. The molecular weight excluding hydrogens is 440 g/mol. The van der Waals surface area contributed by atoms with E-state index in [9.17, 15) is 4.79 Å². The van der Waals surface area contributed by atoms with Crippen LogP contribution < -0.4 is 5.73 Å². The summed E-state index contributed by atoms with van der Waals surface area (Å²) >= 11 is 6.41. The second-order valence-electron chi connectivity index (χ2n) is 8.74. The molecule has 2 aromatic rings. The van der Waals surface area contributed by atoms with Gasteiger partial charge in [-0.25, -0.2) is 9.97 Å². The third kappa shape index (κ3) is 5.81. The summed E-state index contributed by atoms with van der Waals surface area (Å²) in [5.74, 6) is 0.889. The SMILES string of the molecule is CON=C(c1ccccc1Cl)C1CCN(C(=O)C2CCN(Cc3cnc(N)nc3)CC2)CC1. The molecule has 0 radical (unpaired) electrons. The maximum Gasteiger partial charge on any atom is 0.225 e. The van der Waals surface area contributed by atoms with Crippen molar-refractivity contribution in [1.29, 1.82) is 0 Å². The van der Waals surface area contributed by atoms with Crippen LogP contribution >= 0.6 is 11.6 Å². The Balaban J connectivity index is 1.28. The Hall–Kier alpha value is -2.71. The second-order valence-corrected chi connectivity index (χ2v) is 9.15. The number of nitrogens with two attached hydrogens (primary N) is 1. The quantitative estimate of drug-likeness (QED) is 0.514. The van der Waals surface area contributed by atoms with Crippen molar-refractivity contribution in [3.8, 4) is 0 Å². The Morgan fingerprint density at radius 3 is 2.36 bits per heavy atom. The number of nitrogens with zero attached hydrogens (tertiary/aromatic N) is 5. The first-order valence-corrected chi connectivity index (χ1v) is 11.9. The van der Waals surface area contributed by atoms with Crippen molar-refractivity contribution < 1.29 is 9.63 Å². The van der Waals surface area contributed by atoms with E-state index in [0.717, 1.165) is 75.2 Å². The summed E-state index contributed by atoms with van der Waals surface area (Å²) in [5.41, 5.74) is 8.38. The van der Waals surface area contributed by atoms with Gasteiger partial charge in [-0.2, -0.15) is 0 Å². The number of benzene rings is 1. The van der Waals surface area contributed by atoms with Crippen molar-refractivity contribution in [2.45, 2.75) is 32.2 Å². The molecule has 0 saturated carbocycles. The number of hydrogen-bond acceptors (Lipinski definition) is 7. The van der Waals surface area contributed by atoms with Crippen LogP contribution in [-0.4, -0.2) is 64.7 Å². The van der Waals surface area contributed by atoms with Crippen LogP contribution in [-0.2, 0) is 16.2 Å². The van der Waals surface area contributed by atoms with Crippen LogP contribution in [0.2, 0.25) is 5.02 Å². The first-order chi connectivity index (χ1) is 16.0. The van der Waals surface area contributed by atoms with Crippen LogP contribution in [0.15, 0.2) is 41.8 Å². The van der Waals surface area contributed by atoms with E-state index in [1.165, 1.54) is 0 Å². The summed E-state index contributed by atoms with van der Waals surface area (Å²) in [6.07, 6.45) is 7.01. The van der Waals surface area contributed by atoms with Gasteiger partial charge in [-0.3, -0.25) is 9.69 Å². The summed E-state index contributed by atoms with van der Waals surface area (Å²) in [6.45, 7) is 4.05. The summed E-state index contributed by atoms with van der Waals surface area (Å²) in [6, 6.07) is 7.71. The average Bonchev–Trinajstić information content (AvgIpc) is 2.85. The number of carbonyl (C=O) groups is 1. The monoisotopic (exact) mass is 470 g/mol. The van der Waals surface area contributed by atoms with Crippen molar-refractivity contribution in [3.63, 3.8) is 0 Å². The zero-order chi connectivity index (χ0) is 23.2. The molecule has 2 N–H and O–H groups in total. The molecule has 2 aliphatic rings. The molecule has 3 heterocycles. The Labute approximate surface area is 199 Å². The van der Waals surface area contributed by atoms with Gasteiger partial charge in [0, 0.05) is 60.0 Å². The number of aromatic nitrogens is 2. The number of hydrogen-bond donors (Lipinski definition) is 1. The van der Waals surface area contributed by atoms with E-state index in [1.54, 1.807) is 19.5 Å². The smallest absolute Gasteiger partial charge is 0.225 e. The molecule has 8 nitrogen and oxygen atoms in total. The highest BCUT2D eigenvalue weighted by molar-refractivity contribution is 6.34. The number of carbonyl (C=O) groups excluding carboxylic acids is 1. The van der Waals surface area contributed by atoms with Crippen LogP contribution in [0.4, 0.5) is 5.95 Å². The largest absolute Gasteiger partial charge is 0.399 e. The van der Waals surface area contributed by atoms with Crippen LogP contribution in [0, 0.1) is 11.8 Å². The number of halogens is 1. The first kappa shape index (κ1) is 23.4. The van der Waals surface area contributed by atoms with Gasteiger partial charge >= 0.3 is 0 Å².